The predicted octanol–water partition coefficient (Wildman–Crippen LogP) is 4.08. The maximum Gasteiger partial charge on any atom is 0.167 e. The third-order valence-electron chi connectivity index (χ3n) is 6.17. The smallest absolute Gasteiger partial charge is 0.167 e. The summed E-state index contributed by atoms with van der Waals surface area (Å²) in [6.07, 6.45) is 0. The molecule has 1 heterocycles. The lowest BCUT2D eigenvalue weighted by atomic mass is 9.68. The molecule has 0 saturated carbocycles. The number of Topliss-reactive ketones (excluding diaryl/α,β-unsaturated/α-hetero) is 2. The fourth-order valence-electron chi connectivity index (χ4n) is 4.73. The van der Waals surface area contributed by atoms with E-state index in [1.165, 1.54) is 0 Å². The van der Waals surface area contributed by atoms with Crippen molar-refractivity contribution in [3.8, 4) is 0 Å². The van der Waals surface area contributed by atoms with Crippen molar-refractivity contribution < 1.29 is 14.7 Å². The highest BCUT2D eigenvalue weighted by Gasteiger charge is 2.44. The van der Waals surface area contributed by atoms with Gasteiger partial charge in [-0.25, -0.2) is 0 Å². The SMILES string of the molecule is O=C(c1ccccc1)[C@H]1CN(CCO)C[C@H](C(=O)c2ccccc2)C1c1ccccc1. The molecule has 1 aliphatic rings. The van der Waals surface area contributed by atoms with Crippen LogP contribution < -0.4 is 0 Å². The molecule has 4 rings (SSSR count). The lowest BCUT2D eigenvalue weighted by molar-refractivity contribution is 0.0530. The average Bonchev–Trinajstić information content (AvgIpc) is 2.84. The number of likely N-dealkylation sites (tertiary alicyclic amines) is 1. The lowest BCUT2D eigenvalue weighted by Gasteiger charge is -2.43. The molecule has 3 aromatic rings. The van der Waals surface area contributed by atoms with Gasteiger partial charge in [-0.3, -0.25) is 14.5 Å². The predicted molar refractivity (Wildman–Crippen MR) is 121 cm³/mol. The van der Waals surface area contributed by atoms with Crippen molar-refractivity contribution in [2.75, 3.05) is 26.2 Å². The number of ketones is 2. The van der Waals surface area contributed by atoms with Crippen LogP contribution in [0.1, 0.15) is 32.2 Å². The first-order valence-corrected chi connectivity index (χ1v) is 10.8. The van der Waals surface area contributed by atoms with Gasteiger partial charge in [0.2, 0.25) is 0 Å². The number of hydrogen-bond acceptors (Lipinski definition) is 4. The fraction of sp³-hybridized carbons (Fsp3) is 0.259. The number of nitrogens with zero attached hydrogens (tertiary/aromatic N) is 1. The molecule has 2 atom stereocenters. The summed E-state index contributed by atoms with van der Waals surface area (Å²) in [4.78, 5) is 29.3. The number of piperidine rings is 1. The topological polar surface area (TPSA) is 57.6 Å². The number of carbonyl (C=O) groups is 2. The van der Waals surface area contributed by atoms with Gasteiger partial charge in [-0.2, -0.15) is 0 Å². The van der Waals surface area contributed by atoms with Gasteiger partial charge in [0.15, 0.2) is 11.6 Å². The highest BCUT2D eigenvalue weighted by Crippen LogP contribution is 2.40. The lowest BCUT2D eigenvalue weighted by Crippen LogP contribution is -2.51. The minimum absolute atomic E-state index is 0.00546. The fourth-order valence-corrected chi connectivity index (χ4v) is 4.73. The van der Waals surface area contributed by atoms with E-state index >= 15 is 0 Å². The summed E-state index contributed by atoms with van der Waals surface area (Å²) in [6.45, 7) is 1.48. The quantitative estimate of drug-likeness (QED) is 0.593. The minimum atomic E-state index is -0.372. The number of carbonyl (C=O) groups excluding carboxylic acids is 2. The number of rotatable bonds is 7. The molecule has 4 nitrogen and oxygen atoms in total. The molecule has 1 aliphatic heterocycles. The van der Waals surface area contributed by atoms with Crippen LogP contribution in [0.2, 0.25) is 0 Å². The van der Waals surface area contributed by atoms with E-state index in [4.69, 9.17) is 0 Å². The van der Waals surface area contributed by atoms with Crippen LogP contribution in [0.25, 0.3) is 0 Å². The molecule has 0 bridgehead atoms. The van der Waals surface area contributed by atoms with Crippen molar-refractivity contribution in [3.05, 3.63) is 108 Å². The van der Waals surface area contributed by atoms with Crippen LogP contribution in [-0.4, -0.2) is 47.8 Å². The summed E-state index contributed by atoms with van der Waals surface area (Å²) in [5.41, 5.74) is 2.32. The Morgan fingerprint density at radius 2 is 1.13 bits per heavy atom. The van der Waals surface area contributed by atoms with Gasteiger partial charge in [0, 0.05) is 48.5 Å². The molecule has 158 valence electrons. The third-order valence-corrected chi connectivity index (χ3v) is 6.17. The summed E-state index contributed by atoms with van der Waals surface area (Å²) >= 11 is 0. The van der Waals surface area contributed by atoms with Gasteiger partial charge in [-0.15, -0.1) is 0 Å². The monoisotopic (exact) mass is 413 g/mol. The highest BCUT2D eigenvalue weighted by molar-refractivity contribution is 6.02. The summed E-state index contributed by atoms with van der Waals surface area (Å²) in [7, 11) is 0. The van der Waals surface area contributed by atoms with Gasteiger partial charge >= 0.3 is 0 Å². The Kier molecular flexibility index (Phi) is 6.70. The van der Waals surface area contributed by atoms with Crippen molar-refractivity contribution in [1.29, 1.82) is 0 Å². The Bertz CT molecular complexity index is 943. The molecular weight excluding hydrogens is 386 g/mol. The van der Waals surface area contributed by atoms with E-state index in [2.05, 4.69) is 4.90 Å². The van der Waals surface area contributed by atoms with Crippen LogP contribution in [0.15, 0.2) is 91.0 Å². The molecule has 0 unspecified atom stereocenters. The van der Waals surface area contributed by atoms with Crippen molar-refractivity contribution in [1.82, 2.24) is 4.90 Å². The second-order valence-electron chi connectivity index (χ2n) is 8.09. The zero-order valence-corrected chi connectivity index (χ0v) is 17.4. The van der Waals surface area contributed by atoms with Crippen molar-refractivity contribution in [2.24, 2.45) is 11.8 Å². The van der Waals surface area contributed by atoms with E-state index in [9.17, 15) is 14.7 Å². The van der Waals surface area contributed by atoms with Crippen LogP contribution in [0, 0.1) is 11.8 Å². The van der Waals surface area contributed by atoms with Gasteiger partial charge in [0.25, 0.3) is 0 Å². The van der Waals surface area contributed by atoms with Gasteiger partial charge in [0.05, 0.1) is 6.61 Å². The maximum absolute atomic E-state index is 13.6. The third kappa shape index (κ3) is 4.66. The molecule has 3 aromatic carbocycles. The van der Waals surface area contributed by atoms with Crippen LogP contribution in [-0.2, 0) is 0 Å². The van der Waals surface area contributed by atoms with E-state index < -0.39 is 0 Å². The first-order chi connectivity index (χ1) is 15.2. The van der Waals surface area contributed by atoms with Crippen molar-refractivity contribution >= 4 is 11.6 Å². The second kappa shape index (κ2) is 9.82. The Hall–Kier alpha value is -3.08. The Balaban J connectivity index is 1.78. The van der Waals surface area contributed by atoms with Gasteiger partial charge in [-0.1, -0.05) is 91.0 Å². The minimum Gasteiger partial charge on any atom is -0.395 e. The number of aliphatic hydroxyl groups is 1. The average molecular weight is 414 g/mol. The summed E-state index contributed by atoms with van der Waals surface area (Å²) in [5, 5.41) is 9.57. The van der Waals surface area contributed by atoms with Crippen molar-refractivity contribution in [2.45, 2.75) is 5.92 Å². The van der Waals surface area contributed by atoms with Gasteiger partial charge < -0.3 is 5.11 Å². The van der Waals surface area contributed by atoms with E-state index in [-0.39, 0.29) is 35.9 Å². The Labute approximate surface area is 183 Å². The number of β-amino-alcohol motifs (C(OH)–C–C–N with tert-alkyl or cyclic N) is 1. The molecule has 1 fully saturated rings. The molecule has 1 saturated heterocycles. The molecule has 0 aliphatic carbocycles. The number of hydrogen-bond donors (Lipinski definition) is 1. The Morgan fingerprint density at radius 3 is 1.55 bits per heavy atom. The van der Waals surface area contributed by atoms with Gasteiger partial charge in [-0.05, 0) is 5.56 Å². The van der Waals surface area contributed by atoms with E-state index in [0.29, 0.717) is 30.8 Å². The standard InChI is InChI=1S/C27H27NO3/c29-17-16-28-18-23(26(30)21-12-6-2-7-13-21)25(20-10-4-1-5-11-20)24(19-28)27(31)22-14-8-3-9-15-22/h1-15,23-25,29H,16-19H2/t23-,24-/m0/s1. The first kappa shape index (κ1) is 21.2. The zero-order chi connectivity index (χ0) is 21.6. The molecule has 1 N–H and O–H groups in total. The van der Waals surface area contributed by atoms with E-state index in [1.807, 2.05) is 91.0 Å². The normalized spacial score (nSPS) is 19.8. The highest BCUT2D eigenvalue weighted by atomic mass is 16.3. The molecule has 0 amide bonds. The molecule has 31 heavy (non-hydrogen) atoms. The van der Waals surface area contributed by atoms with Crippen LogP contribution in [0.5, 0.6) is 0 Å². The largest absolute Gasteiger partial charge is 0.395 e. The van der Waals surface area contributed by atoms with Crippen LogP contribution in [0.4, 0.5) is 0 Å². The van der Waals surface area contributed by atoms with E-state index in [0.717, 1.165) is 5.56 Å². The summed E-state index contributed by atoms with van der Waals surface area (Å²) < 4.78 is 0. The Morgan fingerprint density at radius 1 is 0.710 bits per heavy atom. The van der Waals surface area contributed by atoms with Crippen LogP contribution in [0.3, 0.4) is 0 Å². The van der Waals surface area contributed by atoms with E-state index in [1.54, 1.807) is 0 Å². The molecule has 0 aromatic heterocycles. The van der Waals surface area contributed by atoms with Crippen molar-refractivity contribution in [3.63, 3.8) is 0 Å². The van der Waals surface area contributed by atoms with Gasteiger partial charge in [0.1, 0.15) is 0 Å². The molecule has 4 heteroatoms. The summed E-state index contributed by atoms with van der Waals surface area (Å²) in [5.74, 6) is -0.881. The first-order valence-electron chi connectivity index (χ1n) is 10.8. The number of aliphatic hydroxyl groups excluding tert-OH is 1. The second-order valence-corrected chi connectivity index (χ2v) is 8.09. The number of benzene rings is 3. The molecule has 0 spiro atoms. The van der Waals surface area contributed by atoms with Crippen LogP contribution >= 0.6 is 0 Å². The molecular formula is C27H27NO3. The zero-order valence-electron chi connectivity index (χ0n) is 17.4. The molecule has 0 radical (unpaired) electrons. The maximum atomic E-state index is 13.6. The summed E-state index contributed by atoms with van der Waals surface area (Å²) in [6, 6.07) is 28.5.